The van der Waals surface area contributed by atoms with Crippen molar-refractivity contribution in [1.82, 2.24) is 10.2 Å². The number of nitrogens with zero attached hydrogens (tertiary/aromatic N) is 1. The Morgan fingerprint density at radius 3 is 3.00 bits per heavy atom. The van der Waals surface area contributed by atoms with Gasteiger partial charge in [0.15, 0.2) is 0 Å². The maximum Gasteiger partial charge on any atom is 0.236 e. The third kappa shape index (κ3) is 3.50. The Bertz CT molecular complexity index is 213. The molecule has 1 rings (SSSR count). The van der Waals surface area contributed by atoms with Crippen molar-refractivity contribution in [2.75, 3.05) is 20.1 Å². The van der Waals surface area contributed by atoms with E-state index in [1.54, 1.807) is 4.90 Å². The van der Waals surface area contributed by atoms with Crippen LogP contribution >= 0.6 is 0 Å². The predicted octanol–water partition coefficient (Wildman–Crippen LogP) is 1.16. The number of nitrogens with one attached hydrogen (secondary N) is 1. The van der Waals surface area contributed by atoms with Gasteiger partial charge >= 0.3 is 0 Å². The third-order valence-electron chi connectivity index (χ3n) is 2.67. The molecule has 0 spiro atoms. The van der Waals surface area contributed by atoms with Gasteiger partial charge in [-0.1, -0.05) is 12.2 Å². The topological polar surface area (TPSA) is 32.3 Å². The molecule has 0 saturated carbocycles. The van der Waals surface area contributed by atoms with Crippen molar-refractivity contribution in [3.8, 4) is 0 Å². The van der Waals surface area contributed by atoms with Gasteiger partial charge in [0.05, 0.1) is 6.54 Å². The number of allylic oxidation sites excluding steroid dienone is 1. The highest BCUT2D eigenvalue weighted by molar-refractivity contribution is 5.77. The Morgan fingerprint density at radius 2 is 2.43 bits per heavy atom. The van der Waals surface area contributed by atoms with Crippen LogP contribution in [-0.4, -0.2) is 37.0 Å². The van der Waals surface area contributed by atoms with Gasteiger partial charge in [0.1, 0.15) is 0 Å². The highest BCUT2D eigenvalue weighted by Crippen LogP contribution is 2.09. The van der Waals surface area contributed by atoms with E-state index < -0.39 is 0 Å². The second kappa shape index (κ2) is 5.81. The van der Waals surface area contributed by atoms with Crippen LogP contribution in [0.2, 0.25) is 0 Å². The van der Waals surface area contributed by atoms with Crippen molar-refractivity contribution in [1.29, 1.82) is 0 Å². The molecule has 0 bridgehead atoms. The minimum atomic E-state index is 0.173. The SMILES string of the molecule is CCN(C)C(=O)CNC1C=CCCC1. The lowest BCUT2D eigenvalue weighted by molar-refractivity contribution is -0.128. The lowest BCUT2D eigenvalue weighted by Crippen LogP contribution is -2.39. The van der Waals surface area contributed by atoms with E-state index in [2.05, 4.69) is 17.5 Å². The van der Waals surface area contributed by atoms with Gasteiger partial charge in [-0.2, -0.15) is 0 Å². The summed E-state index contributed by atoms with van der Waals surface area (Å²) in [6.45, 7) is 3.22. The van der Waals surface area contributed by atoms with E-state index in [-0.39, 0.29) is 5.91 Å². The Hall–Kier alpha value is -0.830. The number of carbonyl (C=O) groups excluding carboxylic acids is 1. The minimum absolute atomic E-state index is 0.173. The first-order chi connectivity index (χ1) is 6.74. The van der Waals surface area contributed by atoms with Crippen LogP contribution in [0.4, 0.5) is 0 Å². The molecule has 0 saturated heterocycles. The molecule has 80 valence electrons. The highest BCUT2D eigenvalue weighted by atomic mass is 16.2. The molecule has 0 aromatic rings. The van der Waals surface area contributed by atoms with E-state index >= 15 is 0 Å². The lowest BCUT2D eigenvalue weighted by atomic mass is 10.0. The molecule has 14 heavy (non-hydrogen) atoms. The zero-order valence-electron chi connectivity index (χ0n) is 9.12. The van der Waals surface area contributed by atoms with Crippen molar-refractivity contribution in [2.45, 2.75) is 32.2 Å². The molecule has 0 aromatic heterocycles. The molecule has 0 radical (unpaired) electrons. The van der Waals surface area contributed by atoms with Crippen LogP contribution < -0.4 is 5.32 Å². The highest BCUT2D eigenvalue weighted by Gasteiger charge is 2.11. The minimum Gasteiger partial charge on any atom is -0.345 e. The molecule has 0 aliphatic heterocycles. The first-order valence-electron chi connectivity index (χ1n) is 5.38. The van der Waals surface area contributed by atoms with E-state index in [0.29, 0.717) is 12.6 Å². The van der Waals surface area contributed by atoms with Crippen LogP contribution in [0.15, 0.2) is 12.2 Å². The van der Waals surface area contributed by atoms with Gasteiger partial charge in [-0.25, -0.2) is 0 Å². The summed E-state index contributed by atoms with van der Waals surface area (Å²) in [4.78, 5) is 13.2. The van der Waals surface area contributed by atoms with E-state index in [4.69, 9.17) is 0 Å². The van der Waals surface area contributed by atoms with Gasteiger partial charge in [0.2, 0.25) is 5.91 Å². The summed E-state index contributed by atoms with van der Waals surface area (Å²) in [5, 5.41) is 3.26. The van der Waals surface area contributed by atoms with Crippen molar-refractivity contribution in [3.05, 3.63) is 12.2 Å². The maximum atomic E-state index is 11.5. The van der Waals surface area contributed by atoms with Crippen LogP contribution in [0.5, 0.6) is 0 Å². The number of hydrogen-bond acceptors (Lipinski definition) is 2. The number of rotatable bonds is 4. The van der Waals surface area contributed by atoms with Crippen molar-refractivity contribution in [3.63, 3.8) is 0 Å². The van der Waals surface area contributed by atoms with Crippen molar-refractivity contribution < 1.29 is 4.79 Å². The van der Waals surface area contributed by atoms with Crippen LogP contribution in [0.25, 0.3) is 0 Å². The molecule has 0 aromatic carbocycles. The molecular formula is C11H20N2O. The zero-order valence-corrected chi connectivity index (χ0v) is 9.12. The Kier molecular flexibility index (Phi) is 4.66. The van der Waals surface area contributed by atoms with Gasteiger partial charge < -0.3 is 10.2 Å². The summed E-state index contributed by atoms with van der Waals surface area (Å²) in [6.07, 6.45) is 7.92. The Balaban J connectivity index is 2.22. The monoisotopic (exact) mass is 196 g/mol. The van der Waals surface area contributed by atoms with E-state index in [1.807, 2.05) is 14.0 Å². The van der Waals surface area contributed by atoms with Crippen LogP contribution in [0.3, 0.4) is 0 Å². The molecule has 0 fully saturated rings. The van der Waals surface area contributed by atoms with Gasteiger partial charge in [0, 0.05) is 19.6 Å². The summed E-state index contributed by atoms with van der Waals surface area (Å²) in [5.74, 6) is 0.173. The first kappa shape index (κ1) is 11.2. The fourth-order valence-electron chi connectivity index (χ4n) is 1.51. The fourth-order valence-corrected chi connectivity index (χ4v) is 1.51. The normalized spacial score (nSPS) is 20.9. The van der Waals surface area contributed by atoms with E-state index in [1.165, 1.54) is 12.8 Å². The molecule has 3 heteroatoms. The molecule has 1 aliphatic carbocycles. The summed E-state index contributed by atoms with van der Waals surface area (Å²) < 4.78 is 0. The lowest BCUT2D eigenvalue weighted by Gasteiger charge is -2.20. The van der Waals surface area contributed by atoms with Crippen LogP contribution in [0.1, 0.15) is 26.2 Å². The smallest absolute Gasteiger partial charge is 0.236 e. The molecule has 1 N–H and O–H groups in total. The summed E-state index contributed by atoms with van der Waals surface area (Å²) in [7, 11) is 1.83. The molecule has 1 atom stereocenters. The summed E-state index contributed by atoms with van der Waals surface area (Å²) in [6, 6.07) is 0.401. The number of carbonyl (C=O) groups is 1. The quantitative estimate of drug-likeness (QED) is 0.684. The fraction of sp³-hybridized carbons (Fsp3) is 0.727. The molecule has 0 heterocycles. The largest absolute Gasteiger partial charge is 0.345 e. The number of hydrogen-bond donors (Lipinski definition) is 1. The Labute approximate surface area is 86.2 Å². The third-order valence-corrected chi connectivity index (χ3v) is 2.67. The molecule has 1 unspecified atom stereocenters. The van der Waals surface area contributed by atoms with Gasteiger partial charge in [-0.15, -0.1) is 0 Å². The zero-order chi connectivity index (χ0) is 10.4. The van der Waals surface area contributed by atoms with Crippen LogP contribution in [-0.2, 0) is 4.79 Å². The van der Waals surface area contributed by atoms with Crippen molar-refractivity contribution >= 4 is 5.91 Å². The number of likely N-dealkylation sites (N-methyl/N-ethyl adjacent to an activating group) is 1. The average Bonchev–Trinajstić information content (AvgIpc) is 2.26. The van der Waals surface area contributed by atoms with Crippen molar-refractivity contribution in [2.24, 2.45) is 0 Å². The second-order valence-electron chi connectivity index (χ2n) is 3.75. The average molecular weight is 196 g/mol. The Morgan fingerprint density at radius 1 is 1.64 bits per heavy atom. The van der Waals surface area contributed by atoms with Gasteiger partial charge in [0.25, 0.3) is 0 Å². The standard InChI is InChI=1S/C11H20N2O/c1-3-13(2)11(14)9-12-10-7-5-4-6-8-10/h5,7,10,12H,3-4,6,8-9H2,1-2H3. The molecule has 1 amide bonds. The van der Waals surface area contributed by atoms with Crippen LogP contribution in [0, 0.1) is 0 Å². The summed E-state index contributed by atoms with van der Waals surface area (Å²) >= 11 is 0. The molecular weight excluding hydrogens is 176 g/mol. The first-order valence-corrected chi connectivity index (χ1v) is 5.38. The number of amides is 1. The van der Waals surface area contributed by atoms with Gasteiger partial charge in [-0.3, -0.25) is 4.79 Å². The predicted molar refractivity (Wildman–Crippen MR) is 58.1 cm³/mol. The van der Waals surface area contributed by atoms with E-state index in [9.17, 15) is 4.79 Å². The van der Waals surface area contributed by atoms with Gasteiger partial charge in [-0.05, 0) is 26.2 Å². The van der Waals surface area contributed by atoms with E-state index in [0.717, 1.165) is 13.0 Å². The summed E-state index contributed by atoms with van der Waals surface area (Å²) in [5.41, 5.74) is 0. The maximum absolute atomic E-state index is 11.5. The molecule has 1 aliphatic rings. The second-order valence-corrected chi connectivity index (χ2v) is 3.75. The molecule has 3 nitrogen and oxygen atoms in total.